The molecule has 0 aliphatic rings. The predicted molar refractivity (Wildman–Crippen MR) is 66.8 cm³/mol. The van der Waals surface area contributed by atoms with Crippen LogP contribution in [0.25, 0.3) is 0 Å². The van der Waals surface area contributed by atoms with E-state index in [9.17, 15) is 0 Å². The summed E-state index contributed by atoms with van der Waals surface area (Å²) in [6.07, 6.45) is 5.66. The van der Waals surface area contributed by atoms with Crippen molar-refractivity contribution in [1.82, 2.24) is 0 Å². The van der Waals surface area contributed by atoms with E-state index in [4.69, 9.17) is 15.7 Å². The molecular weight excluding hydrogens is 204 g/mol. The van der Waals surface area contributed by atoms with E-state index < -0.39 is 0 Å². The Morgan fingerprint density at radius 2 is 1.94 bits per heavy atom. The van der Waals surface area contributed by atoms with E-state index in [0.717, 1.165) is 19.4 Å². The van der Waals surface area contributed by atoms with Crippen LogP contribution in [0.15, 0.2) is 5.16 Å². The summed E-state index contributed by atoms with van der Waals surface area (Å²) in [5.74, 6) is 0.266. The summed E-state index contributed by atoms with van der Waals surface area (Å²) >= 11 is 0. The first kappa shape index (κ1) is 15.2. The molecule has 0 aromatic heterocycles. The quantitative estimate of drug-likeness (QED) is 0.210. The topological polar surface area (TPSA) is 67.8 Å². The minimum absolute atomic E-state index is 0.266. The van der Waals surface area contributed by atoms with E-state index in [1.807, 2.05) is 13.8 Å². The molecule has 0 aromatic rings. The van der Waals surface area contributed by atoms with Crippen molar-refractivity contribution >= 4 is 5.84 Å². The van der Waals surface area contributed by atoms with Gasteiger partial charge in [0.15, 0.2) is 0 Å². The van der Waals surface area contributed by atoms with Crippen molar-refractivity contribution in [3.8, 4) is 0 Å². The summed E-state index contributed by atoms with van der Waals surface area (Å²) in [6, 6.07) is 0. The third-order valence-electron chi connectivity index (χ3n) is 2.81. The SMILES string of the molecule is CCCCCCOCCC(C)(C)C(N)=NO. The van der Waals surface area contributed by atoms with E-state index in [0.29, 0.717) is 6.61 Å². The fraction of sp³-hybridized carbons (Fsp3) is 0.917. The zero-order valence-corrected chi connectivity index (χ0v) is 10.8. The maximum absolute atomic E-state index is 8.59. The van der Waals surface area contributed by atoms with Crippen molar-refractivity contribution in [3.63, 3.8) is 0 Å². The number of nitrogens with two attached hydrogens (primary N) is 1. The molecule has 0 saturated heterocycles. The average Bonchev–Trinajstić information content (AvgIpc) is 2.26. The number of ether oxygens (including phenoxy) is 1. The van der Waals surface area contributed by atoms with Crippen LogP contribution in [0.5, 0.6) is 0 Å². The van der Waals surface area contributed by atoms with Crippen LogP contribution >= 0.6 is 0 Å². The van der Waals surface area contributed by atoms with E-state index in [1.165, 1.54) is 19.3 Å². The number of rotatable bonds is 9. The largest absolute Gasteiger partial charge is 0.409 e. The standard InChI is InChI=1S/C12H26N2O2/c1-4-5-6-7-9-16-10-8-12(2,3)11(13)14-15/h15H,4-10H2,1-3H3,(H2,13,14). The molecule has 0 radical (unpaired) electrons. The van der Waals surface area contributed by atoms with Gasteiger partial charge in [0, 0.05) is 18.6 Å². The Balaban J connectivity index is 3.51. The molecule has 0 bridgehead atoms. The van der Waals surface area contributed by atoms with Gasteiger partial charge in [0.2, 0.25) is 0 Å². The van der Waals surface area contributed by atoms with Crippen LogP contribution in [0.2, 0.25) is 0 Å². The molecule has 4 heteroatoms. The number of unbranched alkanes of at least 4 members (excludes halogenated alkanes) is 3. The van der Waals surface area contributed by atoms with Crippen LogP contribution in [0, 0.1) is 5.41 Å². The first-order valence-corrected chi connectivity index (χ1v) is 6.10. The Kier molecular flexibility index (Phi) is 7.99. The zero-order valence-electron chi connectivity index (χ0n) is 10.8. The second kappa shape index (κ2) is 8.39. The van der Waals surface area contributed by atoms with E-state index in [1.54, 1.807) is 0 Å². The minimum Gasteiger partial charge on any atom is -0.409 e. The molecule has 0 unspecified atom stereocenters. The fourth-order valence-corrected chi connectivity index (χ4v) is 1.32. The molecule has 0 heterocycles. The Morgan fingerprint density at radius 1 is 1.25 bits per heavy atom. The Hall–Kier alpha value is -0.770. The highest BCUT2D eigenvalue weighted by Gasteiger charge is 2.22. The summed E-state index contributed by atoms with van der Waals surface area (Å²) in [6.45, 7) is 7.56. The zero-order chi connectivity index (χ0) is 12.4. The molecule has 0 rings (SSSR count). The van der Waals surface area contributed by atoms with E-state index >= 15 is 0 Å². The third-order valence-corrected chi connectivity index (χ3v) is 2.81. The predicted octanol–water partition coefficient (Wildman–Crippen LogP) is 2.75. The number of hydrogen-bond acceptors (Lipinski definition) is 3. The molecule has 0 aromatic carbocycles. The van der Waals surface area contributed by atoms with Crippen molar-refractivity contribution in [2.24, 2.45) is 16.3 Å². The highest BCUT2D eigenvalue weighted by atomic mass is 16.5. The van der Waals surface area contributed by atoms with Gasteiger partial charge in [-0.05, 0) is 12.8 Å². The Labute approximate surface area is 98.9 Å². The summed E-state index contributed by atoms with van der Waals surface area (Å²) in [7, 11) is 0. The fourth-order valence-electron chi connectivity index (χ4n) is 1.32. The monoisotopic (exact) mass is 230 g/mol. The van der Waals surface area contributed by atoms with E-state index in [2.05, 4.69) is 12.1 Å². The van der Waals surface area contributed by atoms with Crippen molar-refractivity contribution in [2.75, 3.05) is 13.2 Å². The maximum Gasteiger partial charge on any atom is 0.144 e. The first-order valence-electron chi connectivity index (χ1n) is 6.10. The van der Waals surface area contributed by atoms with Gasteiger partial charge in [0.25, 0.3) is 0 Å². The van der Waals surface area contributed by atoms with Gasteiger partial charge in [-0.25, -0.2) is 0 Å². The molecule has 96 valence electrons. The molecule has 0 aliphatic carbocycles. The molecule has 0 saturated carbocycles. The van der Waals surface area contributed by atoms with Gasteiger partial charge in [-0.3, -0.25) is 0 Å². The highest BCUT2D eigenvalue weighted by molar-refractivity contribution is 5.85. The summed E-state index contributed by atoms with van der Waals surface area (Å²) in [5.41, 5.74) is 5.28. The van der Waals surface area contributed by atoms with Crippen LogP contribution in [-0.2, 0) is 4.74 Å². The molecule has 3 N–H and O–H groups in total. The lowest BCUT2D eigenvalue weighted by molar-refractivity contribution is 0.112. The van der Waals surface area contributed by atoms with Crippen molar-refractivity contribution < 1.29 is 9.94 Å². The molecule has 4 nitrogen and oxygen atoms in total. The normalized spacial score (nSPS) is 13.1. The average molecular weight is 230 g/mol. The maximum atomic E-state index is 8.59. The Bertz CT molecular complexity index is 203. The molecule has 0 aliphatic heterocycles. The van der Waals surface area contributed by atoms with Crippen molar-refractivity contribution in [2.45, 2.75) is 52.9 Å². The summed E-state index contributed by atoms with van der Waals surface area (Å²) in [5, 5.41) is 11.6. The van der Waals surface area contributed by atoms with Crippen LogP contribution in [0.4, 0.5) is 0 Å². The lowest BCUT2D eigenvalue weighted by Crippen LogP contribution is -2.33. The molecule has 0 amide bonds. The van der Waals surface area contributed by atoms with Gasteiger partial charge in [-0.15, -0.1) is 0 Å². The van der Waals surface area contributed by atoms with Gasteiger partial charge in [0.05, 0.1) is 0 Å². The summed E-state index contributed by atoms with van der Waals surface area (Å²) < 4.78 is 5.52. The lowest BCUT2D eigenvalue weighted by atomic mass is 9.88. The number of nitrogens with zero attached hydrogens (tertiary/aromatic N) is 1. The van der Waals surface area contributed by atoms with Gasteiger partial charge in [-0.1, -0.05) is 45.2 Å². The van der Waals surface area contributed by atoms with Crippen LogP contribution < -0.4 is 5.73 Å². The van der Waals surface area contributed by atoms with E-state index in [-0.39, 0.29) is 11.3 Å². The Morgan fingerprint density at radius 3 is 2.50 bits per heavy atom. The highest BCUT2D eigenvalue weighted by Crippen LogP contribution is 2.20. The minimum atomic E-state index is -0.293. The van der Waals surface area contributed by atoms with Gasteiger partial charge >= 0.3 is 0 Å². The second-order valence-corrected chi connectivity index (χ2v) is 4.79. The summed E-state index contributed by atoms with van der Waals surface area (Å²) in [4.78, 5) is 0. The van der Waals surface area contributed by atoms with Crippen molar-refractivity contribution in [1.29, 1.82) is 0 Å². The van der Waals surface area contributed by atoms with Crippen molar-refractivity contribution in [3.05, 3.63) is 0 Å². The first-order chi connectivity index (χ1) is 7.54. The number of hydrogen-bond donors (Lipinski definition) is 2. The molecule has 0 spiro atoms. The third kappa shape index (κ3) is 6.67. The van der Waals surface area contributed by atoms with Crippen LogP contribution in [-0.4, -0.2) is 24.3 Å². The lowest BCUT2D eigenvalue weighted by Gasteiger charge is -2.22. The molecular formula is C12H26N2O2. The van der Waals surface area contributed by atoms with Crippen LogP contribution in [0.3, 0.4) is 0 Å². The second-order valence-electron chi connectivity index (χ2n) is 4.79. The molecule has 16 heavy (non-hydrogen) atoms. The molecule has 0 atom stereocenters. The van der Waals surface area contributed by atoms with Crippen LogP contribution in [0.1, 0.15) is 52.9 Å². The van der Waals surface area contributed by atoms with Gasteiger partial charge in [-0.2, -0.15) is 0 Å². The number of oxime groups is 1. The van der Waals surface area contributed by atoms with Gasteiger partial charge in [0.1, 0.15) is 5.84 Å². The molecule has 0 fully saturated rings. The van der Waals surface area contributed by atoms with Gasteiger partial charge < -0.3 is 15.7 Å². The smallest absolute Gasteiger partial charge is 0.144 e. The number of amidine groups is 1.